The number of nitrogens with one attached hydrogen (secondary N) is 1. The molecule has 4 nitrogen and oxygen atoms in total. The van der Waals surface area contributed by atoms with Crippen LogP contribution in [0, 0.1) is 0 Å². The van der Waals surface area contributed by atoms with Gasteiger partial charge >= 0.3 is 0 Å². The fourth-order valence-corrected chi connectivity index (χ4v) is 4.34. The van der Waals surface area contributed by atoms with Crippen molar-refractivity contribution in [2.75, 3.05) is 4.72 Å². The Morgan fingerprint density at radius 2 is 1.62 bits per heavy atom. The van der Waals surface area contributed by atoms with Gasteiger partial charge in [-0.25, -0.2) is 8.42 Å². The predicted octanol–water partition coefficient (Wildman–Crippen LogP) is 5.52. The molecule has 3 aromatic carbocycles. The highest BCUT2D eigenvalue weighted by Crippen LogP contribution is 2.38. The molecule has 0 spiro atoms. The van der Waals surface area contributed by atoms with E-state index in [4.69, 9.17) is 11.6 Å². The van der Waals surface area contributed by atoms with Gasteiger partial charge in [-0.3, -0.25) is 4.72 Å². The van der Waals surface area contributed by atoms with Gasteiger partial charge in [0.15, 0.2) is 0 Å². The molecule has 0 amide bonds. The first kappa shape index (κ1) is 17.5. The minimum absolute atomic E-state index is 0.0726. The number of aromatic hydroxyl groups is 1. The van der Waals surface area contributed by atoms with Crippen LogP contribution < -0.4 is 4.72 Å². The first-order valence-corrected chi connectivity index (χ1v) is 10.1. The van der Waals surface area contributed by atoms with E-state index in [1.54, 1.807) is 30.3 Å². The van der Waals surface area contributed by atoms with Crippen LogP contribution >= 0.6 is 43.5 Å². The number of sulfonamides is 1. The smallest absolute Gasteiger partial charge is 0.261 e. The zero-order valence-corrected chi connectivity index (χ0v) is 16.7. The molecular weight excluding hydrogens is 482 g/mol. The lowest BCUT2D eigenvalue weighted by atomic mass is 10.1. The normalized spacial score (nSPS) is 11.6. The molecule has 0 aliphatic carbocycles. The second kappa shape index (κ2) is 6.55. The highest BCUT2D eigenvalue weighted by molar-refractivity contribution is 9.13. The fraction of sp³-hybridized carbons (Fsp3) is 0. The minimum atomic E-state index is -3.81. The lowest BCUT2D eigenvalue weighted by Crippen LogP contribution is -2.13. The van der Waals surface area contributed by atoms with Gasteiger partial charge in [-0.15, -0.1) is 0 Å². The second-order valence-electron chi connectivity index (χ2n) is 4.98. The molecule has 0 saturated heterocycles. The van der Waals surface area contributed by atoms with E-state index >= 15 is 0 Å². The molecule has 3 aromatic rings. The molecule has 0 radical (unpaired) electrons. The largest absolute Gasteiger partial charge is 0.506 e. The van der Waals surface area contributed by atoms with Crippen LogP contribution in [0.3, 0.4) is 0 Å². The molecule has 0 heterocycles. The molecule has 2 N–H and O–H groups in total. The summed E-state index contributed by atoms with van der Waals surface area (Å²) in [6.07, 6.45) is 0. The zero-order chi connectivity index (χ0) is 17.5. The first-order chi connectivity index (χ1) is 11.3. The third kappa shape index (κ3) is 3.26. The molecular formula is C16H10Br2ClNO3S. The number of benzene rings is 3. The number of hydrogen-bond donors (Lipinski definition) is 2. The molecule has 0 bridgehead atoms. The van der Waals surface area contributed by atoms with Crippen LogP contribution in [0.25, 0.3) is 10.8 Å². The van der Waals surface area contributed by atoms with Gasteiger partial charge in [-0.2, -0.15) is 0 Å². The van der Waals surface area contributed by atoms with Gasteiger partial charge in [0, 0.05) is 19.7 Å². The maximum Gasteiger partial charge on any atom is 0.261 e. The predicted molar refractivity (Wildman–Crippen MR) is 103 cm³/mol. The number of fused-ring (bicyclic) bond motifs is 1. The van der Waals surface area contributed by atoms with Crippen LogP contribution in [0.15, 0.2) is 62.4 Å². The van der Waals surface area contributed by atoms with Crippen molar-refractivity contribution in [1.29, 1.82) is 0 Å². The number of rotatable bonds is 3. The first-order valence-electron chi connectivity index (χ1n) is 6.67. The summed E-state index contributed by atoms with van der Waals surface area (Å²) in [5.41, 5.74) is 0.299. The third-order valence-electron chi connectivity index (χ3n) is 3.42. The lowest BCUT2D eigenvalue weighted by molar-refractivity contribution is 0.482. The highest BCUT2D eigenvalue weighted by Gasteiger charge is 2.18. The Hall–Kier alpha value is -1.28. The molecule has 124 valence electrons. The quantitative estimate of drug-likeness (QED) is 0.474. The standard InChI is InChI=1S/C16H10Br2ClNO3S/c17-12-6-5-9(7-13(12)18)24(22,23)20-15-8-14(19)16(21)11-4-2-1-3-10(11)15/h1-8,20-21H. The minimum Gasteiger partial charge on any atom is -0.506 e. The summed E-state index contributed by atoms with van der Waals surface area (Å²) in [4.78, 5) is 0.103. The maximum atomic E-state index is 12.7. The van der Waals surface area contributed by atoms with Crippen molar-refractivity contribution in [3.05, 3.63) is 62.5 Å². The van der Waals surface area contributed by atoms with Gasteiger partial charge in [0.05, 0.1) is 15.6 Å². The summed E-state index contributed by atoms with van der Waals surface area (Å²) in [6, 6.07) is 12.9. The number of anilines is 1. The van der Waals surface area contributed by atoms with E-state index in [1.807, 2.05) is 0 Å². The average molecular weight is 492 g/mol. The second-order valence-corrected chi connectivity index (χ2v) is 8.78. The van der Waals surface area contributed by atoms with E-state index in [1.165, 1.54) is 18.2 Å². The van der Waals surface area contributed by atoms with Crippen LogP contribution in [0.2, 0.25) is 5.02 Å². The van der Waals surface area contributed by atoms with Crippen molar-refractivity contribution in [1.82, 2.24) is 0 Å². The molecule has 0 atom stereocenters. The van der Waals surface area contributed by atoms with Gasteiger partial charge in [0.1, 0.15) is 5.75 Å². The summed E-state index contributed by atoms with van der Waals surface area (Å²) in [6.45, 7) is 0. The summed E-state index contributed by atoms with van der Waals surface area (Å²) < 4.78 is 29.2. The molecule has 0 aromatic heterocycles. The van der Waals surface area contributed by atoms with Crippen LogP contribution in [0.5, 0.6) is 5.75 Å². The molecule has 3 rings (SSSR count). The SMILES string of the molecule is O=S(=O)(Nc1cc(Cl)c(O)c2ccccc12)c1ccc(Br)c(Br)c1. The summed E-state index contributed by atoms with van der Waals surface area (Å²) in [5, 5.41) is 11.1. The average Bonchev–Trinajstić information content (AvgIpc) is 2.54. The van der Waals surface area contributed by atoms with Crippen molar-refractivity contribution in [3.63, 3.8) is 0 Å². The third-order valence-corrected chi connectivity index (χ3v) is 6.95. The summed E-state index contributed by atoms with van der Waals surface area (Å²) >= 11 is 12.6. The monoisotopic (exact) mass is 489 g/mol. The van der Waals surface area contributed by atoms with E-state index in [2.05, 4.69) is 36.6 Å². The van der Waals surface area contributed by atoms with Gasteiger partial charge < -0.3 is 5.11 Å². The van der Waals surface area contributed by atoms with Crippen molar-refractivity contribution in [2.45, 2.75) is 4.90 Å². The number of phenols is 1. The van der Waals surface area contributed by atoms with E-state index in [0.29, 0.717) is 20.9 Å². The molecule has 0 aliphatic heterocycles. The molecule has 0 saturated carbocycles. The van der Waals surface area contributed by atoms with Gasteiger partial charge in [-0.1, -0.05) is 35.9 Å². The highest BCUT2D eigenvalue weighted by atomic mass is 79.9. The summed E-state index contributed by atoms with van der Waals surface area (Å²) in [5.74, 6) is -0.0819. The van der Waals surface area contributed by atoms with E-state index < -0.39 is 10.0 Å². The lowest BCUT2D eigenvalue weighted by Gasteiger charge is -2.13. The maximum absolute atomic E-state index is 12.7. The van der Waals surface area contributed by atoms with Gasteiger partial charge in [-0.05, 0) is 56.1 Å². The van der Waals surface area contributed by atoms with Crippen LogP contribution in [0.1, 0.15) is 0 Å². The van der Waals surface area contributed by atoms with E-state index in [9.17, 15) is 13.5 Å². The number of hydrogen-bond acceptors (Lipinski definition) is 3. The zero-order valence-electron chi connectivity index (χ0n) is 11.9. The Labute approximate surface area is 160 Å². The van der Waals surface area contributed by atoms with E-state index in [0.717, 1.165) is 4.47 Å². The topological polar surface area (TPSA) is 66.4 Å². The number of phenolic OH excluding ortho intramolecular Hbond substituents is 1. The molecule has 0 unspecified atom stereocenters. The van der Waals surface area contributed by atoms with Crippen LogP contribution in [-0.4, -0.2) is 13.5 Å². The molecule has 8 heteroatoms. The Balaban J connectivity index is 2.12. The molecule has 0 aliphatic rings. The Morgan fingerprint density at radius 1 is 0.958 bits per heavy atom. The van der Waals surface area contributed by atoms with Crippen molar-refractivity contribution < 1.29 is 13.5 Å². The fourth-order valence-electron chi connectivity index (χ4n) is 2.26. The van der Waals surface area contributed by atoms with Crippen molar-refractivity contribution in [2.24, 2.45) is 0 Å². The van der Waals surface area contributed by atoms with Crippen molar-refractivity contribution >= 4 is 69.9 Å². The molecule has 0 fully saturated rings. The Morgan fingerprint density at radius 3 is 2.29 bits per heavy atom. The molecule has 24 heavy (non-hydrogen) atoms. The van der Waals surface area contributed by atoms with Crippen molar-refractivity contribution in [3.8, 4) is 5.75 Å². The Bertz CT molecular complexity index is 1050. The number of halogens is 3. The summed E-state index contributed by atoms with van der Waals surface area (Å²) in [7, 11) is -3.81. The van der Waals surface area contributed by atoms with Gasteiger partial charge in [0.25, 0.3) is 10.0 Å². The van der Waals surface area contributed by atoms with E-state index in [-0.39, 0.29) is 15.7 Å². The van der Waals surface area contributed by atoms with Crippen LogP contribution in [-0.2, 0) is 10.0 Å². The Kier molecular flexibility index (Phi) is 4.79. The van der Waals surface area contributed by atoms with Gasteiger partial charge in [0.2, 0.25) is 0 Å². The van der Waals surface area contributed by atoms with Crippen LogP contribution in [0.4, 0.5) is 5.69 Å².